The first-order chi connectivity index (χ1) is 13.2. The molecule has 0 spiro atoms. The van der Waals surface area contributed by atoms with Gasteiger partial charge in [-0.25, -0.2) is 0 Å². The molecule has 1 aromatic carbocycles. The average molecular weight is 450 g/mol. The van der Waals surface area contributed by atoms with Gasteiger partial charge in [0.2, 0.25) is 5.91 Å². The highest BCUT2D eigenvalue weighted by molar-refractivity contribution is 7.85. The summed E-state index contributed by atoms with van der Waals surface area (Å²) in [6.07, 6.45) is 5.30. The van der Waals surface area contributed by atoms with Gasteiger partial charge in [-0.05, 0) is 30.5 Å². The molecule has 1 atom stereocenters. The lowest BCUT2D eigenvalue weighted by molar-refractivity contribution is -0.158. The van der Waals surface area contributed by atoms with Crippen molar-refractivity contribution < 1.29 is 22.1 Å². The molecule has 3 rings (SSSR count). The molecule has 6 nitrogen and oxygen atoms in total. The van der Waals surface area contributed by atoms with Crippen molar-refractivity contribution in [3.8, 4) is 0 Å². The van der Waals surface area contributed by atoms with E-state index in [9.17, 15) is 13.2 Å². The van der Waals surface area contributed by atoms with Gasteiger partial charge < -0.3 is 9.64 Å². The molecule has 9 heteroatoms. The topological polar surface area (TPSA) is 72.9 Å². The van der Waals surface area contributed by atoms with E-state index in [2.05, 4.69) is 0 Å². The van der Waals surface area contributed by atoms with E-state index in [1.54, 1.807) is 18.2 Å². The smallest absolute Gasteiger partial charge is 0.264 e. The van der Waals surface area contributed by atoms with Gasteiger partial charge in [0.1, 0.15) is 5.60 Å². The Kier molecular flexibility index (Phi) is 6.92. The number of carbonyl (C=O) groups excluding carboxylic acids is 1. The Morgan fingerprint density at radius 1 is 1.29 bits per heavy atom. The summed E-state index contributed by atoms with van der Waals surface area (Å²) in [5.74, 6) is 0.214. The maximum atomic E-state index is 13.0. The molecule has 28 heavy (non-hydrogen) atoms. The van der Waals surface area contributed by atoms with Crippen LogP contribution in [0.4, 0.5) is 0 Å². The molecule has 2 aliphatic rings. The van der Waals surface area contributed by atoms with Gasteiger partial charge in [-0.1, -0.05) is 42.1 Å². The zero-order valence-electron chi connectivity index (χ0n) is 15.8. The Morgan fingerprint density at radius 2 is 2.00 bits per heavy atom. The molecule has 1 aliphatic carbocycles. The standard InChI is InChI=1S/C19H25Cl2NO5S/c1-28(24,25)27-10-8-19(15-6-7-16(20)17(21)12-15)13-22(9-11-26-19)18(23)14-4-2-3-5-14/h6-7,12,14H,2-5,8-11,13H2,1H3/t19-/m0/s1. The molecule has 0 N–H and O–H groups in total. The Morgan fingerprint density at radius 3 is 2.64 bits per heavy atom. The maximum absolute atomic E-state index is 13.0. The third-order valence-corrected chi connectivity index (χ3v) is 6.78. The first-order valence-electron chi connectivity index (χ1n) is 9.43. The van der Waals surface area contributed by atoms with Crippen LogP contribution in [0.3, 0.4) is 0 Å². The molecule has 2 fully saturated rings. The number of ether oxygens (including phenoxy) is 1. The zero-order chi connectivity index (χ0) is 20.4. The van der Waals surface area contributed by atoms with Crippen molar-refractivity contribution in [2.24, 2.45) is 5.92 Å². The van der Waals surface area contributed by atoms with Crippen LogP contribution in [0.5, 0.6) is 0 Å². The van der Waals surface area contributed by atoms with Gasteiger partial charge in [-0.15, -0.1) is 0 Å². The van der Waals surface area contributed by atoms with Crippen LogP contribution < -0.4 is 0 Å². The summed E-state index contributed by atoms with van der Waals surface area (Å²) in [6.45, 7) is 1.15. The fraction of sp³-hybridized carbons (Fsp3) is 0.632. The minimum atomic E-state index is -3.57. The summed E-state index contributed by atoms with van der Waals surface area (Å²) in [5.41, 5.74) is -0.145. The third kappa shape index (κ3) is 5.19. The lowest BCUT2D eigenvalue weighted by Gasteiger charge is -2.44. The molecule has 1 aromatic rings. The second kappa shape index (κ2) is 8.88. The second-order valence-corrected chi connectivity index (χ2v) is 9.95. The number of halogens is 2. The number of hydrogen-bond acceptors (Lipinski definition) is 5. The molecular weight excluding hydrogens is 425 g/mol. The summed E-state index contributed by atoms with van der Waals surface area (Å²) in [4.78, 5) is 14.8. The number of carbonyl (C=O) groups is 1. The minimum Gasteiger partial charge on any atom is -0.366 e. The van der Waals surface area contributed by atoms with E-state index in [0.717, 1.165) is 37.5 Å². The third-order valence-electron chi connectivity index (χ3n) is 5.45. The fourth-order valence-electron chi connectivity index (χ4n) is 4.01. The Labute approximate surface area is 176 Å². The Hall–Kier alpha value is -0.860. The van der Waals surface area contributed by atoms with Crippen LogP contribution in [0.25, 0.3) is 0 Å². The van der Waals surface area contributed by atoms with E-state index in [-0.39, 0.29) is 24.9 Å². The van der Waals surface area contributed by atoms with Crippen LogP contribution in [0, 0.1) is 5.92 Å². The molecule has 1 heterocycles. The summed E-state index contributed by atoms with van der Waals surface area (Å²) in [5, 5.41) is 0.799. The van der Waals surface area contributed by atoms with Crippen LogP contribution in [-0.4, -0.2) is 51.8 Å². The van der Waals surface area contributed by atoms with Gasteiger partial charge in [0.25, 0.3) is 10.1 Å². The SMILES string of the molecule is CS(=O)(=O)OCC[C@@]1(c2ccc(Cl)c(Cl)c2)CN(C(=O)C2CCCC2)CCO1. The molecule has 1 saturated carbocycles. The number of rotatable bonds is 6. The normalized spacial score (nSPS) is 23.9. The summed E-state index contributed by atoms with van der Waals surface area (Å²) >= 11 is 12.3. The van der Waals surface area contributed by atoms with Gasteiger partial charge in [0.05, 0.1) is 36.1 Å². The van der Waals surface area contributed by atoms with Crippen molar-refractivity contribution in [3.05, 3.63) is 33.8 Å². The summed E-state index contributed by atoms with van der Waals surface area (Å²) in [6, 6.07) is 5.20. The highest BCUT2D eigenvalue weighted by atomic mass is 35.5. The summed E-state index contributed by atoms with van der Waals surface area (Å²) in [7, 11) is -3.57. The molecule has 0 aromatic heterocycles. The van der Waals surface area contributed by atoms with Gasteiger partial charge in [-0.2, -0.15) is 8.42 Å². The largest absolute Gasteiger partial charge is 0.366 e. The van der Waals surface area contributed by atoms with E-state index >= 15 is 0 Å². The van der Waals surface area contributed by atoms with Gasteiger partial charge in [-0.3, -0.25) is 8.98 Å². The van der Waals surface area contributed by atoms with E-state index in [4.69, 9.17) is 32.1 Å². The molecule has 156 valence electrons. The maximum Gasteiger partial charge on any atom is 0.264 e. The van der Waals surface area contributed by atoms with E-state index in [1.165, 1.54) is 0 Å². The van der Waals surface area contributed by atoms with Crippen molar-refractivity contribution in [2.45, 2.75) is 37.7 Å². The van der Waals surface area contributed by atoms with Gasteiger partial charge >= 0.3 is 0 Å². The monoisotopic (exact) mass is 449 g/mol. The van der Waals surface area contributed by atoms with Crippen LogP contribution in [0.1, 0.15) is 37.7 Å². The van der Waals surface area contributed by atoms with E-state index in [0.29, 0.717) is 29.7 Å². The predicted octanol–water partition coefficient (Wildman–Crippen LogP) is 3.60. The van der Waals surface area contributed by atoms with E-state index in [1.807, 2.05) is 4.90 Å². The van der Waals surface area contributed by atoms with Crippen LogP contribution in [-0.2, 0) is 29.4 Å². The van der Waals surface area contributed by atoms with E-state index < -0.39 is 15.7 Å². The first-order valence-corrected chi connectivity index (χ1v) is 12.0. The van der Waals surface area contributed by atoms with Crippen LogP contribution in [0.15, 0.2) is 18.2 Å². The van der Waals surface area contributed by atoms with Crippen molar-refractivity contribution in [1.82, 2.24) is 4.90 Å². The van der Waals surface area contributed by atoms with Crippen molar-refractivity contribution in [3.63, 3.8) is 0 Å². The number of amides is 1. The van der Waals surface area contributed by atoms with Crippen LogP contribution in [0.2, 0.25) is 10.0 Å². The number of morpholine rings is 1. The highest BCUT2D eigenvalue weighted by Gasteiger charge is 2.41. The molecule has 0 radical (unpaired) electrons. The van der Waals surface area contributed by atoms with Crippen molar-refractivity contribution >= 4 is 39.2 Å². The number of benzene rings is 1. The Bertz CT molecular complexity index is 826. The van der Waals surface area contributed by atoms with Crippen molar-refractivity contribution in [2.75, 3.05) is 32.6 Å². The van der Waals surface area contributed by atoms with Gasteiger partial charge in [0.15, 0.2) is 0 Å². The molecule has 0 unspecified atom stereocenters. The second-order valence-electron chi connectivity index (χ2n) is 7.49. The predicted molar refractivity (Wildman–Crippen MR) is 108 cm³/mol. The molecule has 1 saturated heterocycles. The lowest BCUT2D eigenvalue weighted by atomic mass is 9.88. The fourth-order valence-corrected chi connectivity index (χ4v) is 4.70. The average Bonchev–Trinajstić information content (AvgIpc) is 3.17. The Balaban J connectivity index is 1.86. The highest BCUT2D eigenvalue weighted by Crippen LogP contribution is 2.38. The molecular formula is C19H25Cl2NO5S. The number of hydrogen-bond donors (Lipinski definition) is 0. The number of nitrogens with zero attached hydrogens (tertiary/aromatic N) is 1. The first kappa shape index (κ1) is 21.8. The quantitative estimate of drug-likeness (QED) is 0.620. The zero-order valence-corrected chi connectivity index (χ0v) is 18.2. The minimum absolute atomic E-state index is 0.0511. The molecule has 0 bridgehead atoms. The van der Waals surface area contributed by atoms with Crippen LogP contribution >= 0.6 is 23.2 Å². The lowest BCUT2D eigenvalue weighted by Crippen LogP contribution is -2.53. The van der Waals surface area contributed by atoms with Gasteiger partial charge in [0, 0.05) is 18.9 Å². The van der Waals surface area contributed by atoms with Crippen molar-refractivity contribution in [1.29, 1.82) is 0 Å². The molecule has 1 amide bonds. The molecule has 1 aliphatic heterocycles. The summed E-state index contributed by atoms with van der Waals surface area (Å²) < 4.78 is 33.9.